The van der Waals surface area contributed by atoms with Crippen LogP contribution in [0, 0.1) is 0 Å². The number of hydrogen-bond acceptors (Lipinski definition) is 4. The van der Waals surface area contributed by atoms with Gasteiger partial charge in [0.2, 0.25) is 0 Å². The molecule has 2 aromatic rings. The standard InChI is InChI=1S/C21H22F3N3O/c22-21(23,24)14-25-16-8-2-3-9-17(16)26-20-15-7-1-4-10-19(15)28-13-18(20)27-11-5-6-12-27/h1-4,7-10,14,18,20,26H,5-6,11-13H2. The van der Waals surface area contributed by atoms with Gasteiger partial charge >= 0.3 is 6.18 Å². The van der Waals surface area contributed by atoms with Gasteiger partial charge in [0.25, 0.3) is 0 Å². The molecule has 2 aliphatic heterocycles. The lowest BCUT2D eigenvalue weighted by molar-refractivity contribution is -0.0535. The van der Waals surface area contributed by atoms with Crippen LogP contribution in [-0.4, -0.2) is 43.0 Å². The maximum absolute atomic E-state index is 12.6. The van der Waals surface area contributed by atoms with Gasteiger partial charge in [-0.25, -0.2) is 4.99 Å². The van der Waals surface area contributed by atoms with Gasteiger partial charge in [-0.05, 0) is 44.1 Å². The minimum absolute atomic E-state index is 0.0311. The van der Waals surface area contributed by atoms with E-state index < -0.39 is 6.18 Å². The minimum Gasteiger partial charge on any atom is -0.491 e. The molecule has 1 saturated heterocycles. The highest BCUT2D eigenvalue weighted by Crippen LogP contribution is 2.39. The first-order chi connectivity index (χ1) is 13.5. The highest BCUT2D eigenvalue weighted by atomic mass is 19.4. The molecule has 4 rings (SSSR count). The Morgan fingerprint density at radius 1 is 1.04 bits per heavy atom. The van der Waals surface area contributed by atoms with Crippen LogP contribution in [0.4, 0.5) is 24.5 Å². The first-order valence-corrected chi connectivity index (χ1v) is 9.44. The molecule has 148 valence electrons. The maximum atomic E-state index is 12.6. The fraction of sp³-hybridized carbons (Fsp3) is 0.381. The predicted octanol–water partition coefficient (Wildman–Crippen LogP) is 4.96. The molecule has 0 bridgehead atoms. The molecule has 2 unspecified atom stereocenters. The Morgan fingerprint density at radius 2 is 1.75 bits per heavy atom. The first-order valence-electron chi connectivity index (χ1n) is 9.44. The number of benzene rings is 2. The second-order valence-corrected chi connectivity index (χ2v) is 7.10. The van der Waals surface area contributed by atoms with Crippen LogP contribution >= 0.6 is 0 Å². The number of ether oxygens (including phenoxy) is 1. The number of alkyl halides is 3. The van der Waals surface area contributed by atoms with Crippen LogP contribution < -0.4 is 10.1 Å². The van der Waals surface area contributed by atoms with Crippen molar-refractivity contribution in [1.29, 1.82) is 0 Å². The monoisotopic (exact) mass is 389 g/mol. The van der Waals surface area contributed by atoms with Crippen LogP contribution in [0.15, 0.2) is 53.5 Å². The van der Waals surface area contributed by atoms with E-state index in [-0.39, 0.29) is 24.0 Å². The van der Waals surface area contributed by atoms with Gasteiger partial charge in [0.1, 0.15) is 18.6 Å². The molecule has 2 aromatic carbocycles. The Bertz CT molecular complexity index is 847. The van der Waals surface area contributed by atoms with E-state index in [0.29, 0.717) is 12.3 Å². The van der Waals surface area contributed by atoms with Crippen molar-refractivity contribution in [3.05, 3.63) is 54.1 Å². The molecule has 2 atom stereocenters. The second-order valence-electron chi connectivity index (χ2n) is 7.10. The summed E-state index contributed by atoms with van der Waals surface area (Å²) in [4.78, 5) is 6.06. The first kappa shape index (κ1) is 18.8. The third-order valence-electron chi connectivity index (χ3n) is 5.22. The molecule has 7 heteroatoms. The number of aliphatic imine (C=N–C) groups is 1. The summed E-state index contributed by atoms with van der Waals surface area (Å²) >= 11 is 0. The highest BCUT2D eigenvalue weighted by molar-refractivity contribution is 5.75. The van der Waals surface area contributed by atoms with Crippen LogP contribution in [0.1, 0.15) is 24.4 Å². The Balaban J connectivity index is 1.67. The molecule has 4 nitrogen and oxygen atoms in total. The number of fused-ring (bicyclic) bond motifs is 1. The number of nitrogens with one attached hydrogen (secondary N) is 1. The SMILES string of the molecule is FC(F)(F)C=Nc1ccccc1NC1c2ccccc2OCC1N1CCCC1. The maximum Gasteiger partial charge on any atom is 0.426 e. The van der Waals surface area contributed by atoms with E-state index in [9.17, 15) is 13.2 Å². The molecule has 2 aliphatic rings. The van der Waals surface area contributed by atoms with Crippen molar-refractivity contribution in [3.8, 4) is 5.75 Å². The third-order valence-corrected chi connectivity index (χ3v) is 5.22. The lowest BCUT2D eigenvalue weighted by atomic mass is 9.94. The molecule has 2 heterocycles. The number of anilines is 1. The molecule has 0 aromatic heterocycles. The zero-order valence-corrected chi connectivity index (χ0v) is 15.3. The van der Waals surface area contributed by atoms with Crippen LogP contribution in [0.25, 0.3) is 0 Å². The Kier molecular flexibility index (Phi) is 5.26. The summed E-state index contributed by atoms with van der Waals surface area (Å²) in [6.45, 7) is 2.55. The van der Waals surface area contributed by atoms with Gasteiger partial charge in [0, 0.05) is 5.56 Å². The molecular formula is C21H22F3N3O. The molecule has 0 amide bonds. The van der Waals surface area contributed by atoms with E-state index >= 15 is 0 Å². The zero-order valence-electron chi connectivity index (χ0n) is 15.3. The number of nitrogens with zero attached hydrogens (tertiary/aromatic N) is 2. The molecule has 0 spiro atoms. The summed E-state index contributed by atoms with van der Waals surface area (Å²) in [7, 11) is 0. The van der Waals surface area contributed by atoms with Gasteiger partial charge in [0.15, 0.2) is 0 Å². The van der Waals surface area contributed by atoms with Crippen molar-refractivity contribution in [2.24, 2.45) is 4.99 Å². The normalized spacial score (nSPS) is 22.8. The predicted molar refractivity (Wildman–Crippen MR) is 104 cm³/mol. The van der Waals surface area contributed by atoms with Crippen LogP contribution in [-0.2, 0) is 0 Å². The minimum atomic E-state index is -4.45. The smallest absolute Gasteiger partial charge is 0.426 e. The molecule has 0 aliphatic carbocycles. The van der Waals surface area contributed by atoms with Crippen LogP contribution in [0.5, 0.6) is 5.75 Å². The fourth-order valence-electron chi connectivity index (χ4n) is 3.93. The zero-order chi connectivity index (χ0) is 19.6. The lowest BCUT2D eigenvalue weighted by Gasteiger charge is -2.39. The van der Waals surface area contributed by atoms with E-state index in [0.717, 1.165) is 37.2 Å². The summed E-state index contributed by atoms with van der Waals surface area (Å²) in [6, 6.07) is 14.7. The van der Waals surface area contributed by atoms with E-state index in [2.05, 4.69) is 15.2 Å². The van der Waals surface area contributed by atoms with Crippen molar-refractivity contribution >= 4 is 17.6 Å². The van der Waals surface area contributed by atoms with Gasteiger partial charge in [-0.1, -0.05) is 30.3 Å². The Hall–Kier alpha value is -2.54. The average Bonchev–Trinajstić information content (AvgIpc) is 3.21. The van der Waals surface area contributed by atoms with Gasteiger partial charge in [-0.15, -0.1) is 0 Å². The van der Waals surface area contributed by atoms with Crippen molar-refractivity contribution in [3.63, 3.8) is 0 Å². The number of halogens is 3. The largest absolute Gasteiger partial charge is 0.491 e. The Labute approximate surface area is 162 Å². The van der Waals surface area contributed by atoms with Crippen molar-refractivity contribution in [2.75, 3.05) is 25.0 Å². The van der Waals surface area contributed by atoms with Gasteiger partial charge in [-0.3, -0.25) is 4.90 Å². The number of rotatable bonds is 4. The molecular weight excluding hydrogens is 367 g/mol. The number of likely N-dealkylation sites (tertiary alicyclic amines) is 1. The molecule has 1 fully saturated rings. The Morgan fingerprint density at radius 3 is 2.54 bits per heavy atom. The number of para-hydroxylation sites is 3. The van der Waals surface area contributed by atoms with Crippen LogP contribution in [0.2, 0.25) is 0 Å². The van der Waals surface area contributed by atoms with Crippen molar-refractivity contribution in [1.82, 2.24) is 4.90 Å². The van der Waals surface area contributed by atoms with Gasteiger partial charge in [-0.2, -0.15) is 13.2 Å². The average molecular weight is 389 g/mol. The lowest BCUT2D eigenvalue weighted by Crippen LogP contribution is -2.47. The molecule has 0 saturated carbocycles. The molecule has 28 heavy (non-hydrogen) atoms. The number of hydrogen-bond donors (Lipinski definition) is 1. The second kappa shape index (κ2) is 7.83. The molecule has 0 radical (unpaired) electrons. The van der Waals surface area contributed by atoms with Gasteiger partial charge in [0.05, 0.1) is 23.5 Å². The van der Waals surface area contributed by atoms with E-state index in [4.69, 9.17) is 4.74 Å². The van der Waals surface area contributed by atoms with Crippen molar-refractivity contribution in [2.45, 2.75) is 31.1 Å². The third kappa shape index (κ3) is 4.14. The topological polar surface area (TPSA) is 36.9 Å². The summed E-state index contributed by atoms with van der Waals surface area (Å²) < 4.78 is 43.8. The summed E-state index contributed by atoms with van der Waals surface area (Å²) in [5, 5.41) is 3.47. The summed E-state index contributed by atoms with van der Waals surface area (Å²) in [5.74, 6) is 0.812. The molecule has 1 N–H and O–H groups in total. The summed E-state index contributed by atoms with van der Waals surface area (Å²) in [6.07, 6.45) is -2.12. The highest BCUT2D eigenvalue weighted by Gasteiger charge is 2.36. The van der Waals surface area contributed by atoms with Gasteiger partial charge < -0.3 is 10.1 Å². The quantitative estimate of drug-likeness (QED) is 0.751. The van der Waals surface area contributed by atoms with Crippen molar-refractivity contribution < 1.29 is 17.9 Å². The summed E-state index contributed by atoms with van der Waals surface area (Å²) in [5.41, 5.74) is 1.86. The fourth-order valence-corrected chi connectivity index (χ4v) is 3.93. The van der Waals surface area contributed by atoms with E-state index in [1.54, 1.807) is 24.3 Å². The van der Waals surface area contributed by atoms with E-state index in [1.807, 2.05) is 24.3 Å². The van der Waals surface area contributed by atoms with E-state index in [1.165, 1.54) is 0 Å². The van der Waals surface area contributed by atoms with Crippen LogP contribution in [0.3, 0.4) is 0 Å².